The molecule has 1 aromatic carbocycles. The Hall–Kier alpha value is -1.31. The Balaban J connectivity index is 2.79. The molecular formula is C9H9NO. The molecule has 0 aliphatic heterocycles. The van der Waals surface area contributed by atoms with E-state index < -0.39 is 0 Å². The van der Waals surface area contributed by atoms with Crippen molar-refractivity contribution in [3.63, 3.8) is 0 Å². The van der Waals surface area contributed by atoms with E-state index in [4.69, 9.17) is 4.52 Å². The number of aromatic nitrogens is 1. The molecule has 0 spiro atoms. The van der Waals surface area contributed by atoms with Gasteiger partial charge >= 0.3 is 0 Å². The number of hydrogen-bond donors (Lipinski definition) is 0. The van der Waals surface area contributed by atoms with Gasteiger partial charge in [-0.3, -0.25) is 0 Å². The van der Waals surface area contributed by atoms with Gasteiger partial charge in [-0.05, 0) is 18.1 Å². The lowest BCUT2D eigenvalue weighted by Crippen LogP contribution is -1.79. The van der Waals surface area contributed by atoms with E-state index in [2.05, 4.69) is 18.1 Å². The second kappa shape index (κ2) is 2.38. The molecule has 1 aromatic heterocycles. The fourth-order valence-electron chi connectivity index (χ4n) is 1.26. The minimum absolute atomic E-state index is 0.948. The summed E-state index contributed by atoms with van der Waals surface area (Å²) in [6.45, 7) is 2.13. The molecule has 0 amide bonds. The number of hydrogen-bond acceptors (Lipinski definition) is 2. The van der Waals surface area contributed by atoms with Gasteiger partial charge < -0.3 is 4.52 Å². The van der Waals surface area contributed by atoms with Gasteiger partial charge in [0.15, 0.2) is 0 Å². The monoisotopic (exact) mass is 147 g/mol. The van der Waals surface area contributed by atoms with Gasteiger partial charge in [0.05, 0.1) is 0 Å². The Kier molecular flexibility index (Phi) is 1.39. The Morgan fingerprint density at radius 2 is 2.36 bits per heavy atom. The minimum Gasteiger partial charge on any atom is -0.363 e. The molecule has 2 nitrogen and oxygen atoms in total. The second-order valence-corrected chi connectivity index (χ2v) is 2.52. The van der Waals surface area contributed by atoms with E-state index in [1.165, 1.54) is 5.56 Å². The molecule has 0 radical (unpaired) electrons. The third-order valence-corrected chi connectivity index (χ3v) is 1.88. The van der Waals surface area contributed by atoms with Crippen molar-refractivity contribution in [2.75, 3.05) is 0 Å². The highest BCUT2D eigenvalue weighted by atomic mass is 16.5. The third-order valence-electron chi connectivity index (χ3n) is 1.88. The summed E-state index contributed by atoms with van der Waals surface area (Å²) in [4.78, 5) is 0. The zero-order valence-electron chi connectivity index (χ0n) is 6.37. The minimum atomic E-state index is 0.948. The van der Waals surface area contributed by atoms with Crippen molar-refractivity contribution < 1.29 is 4.52 Å². The van der Waals surface area contributed by atoms with Gasteiger partial charge in [-0.25, -0.2) is 0 Å². The summed E-state index contributed by atoms with van der Waals surface area (Å²) in [7, 11) is 0. The molecule has 0 aliphatic carbocycles. The van der Waals surface area contributed by atoms with Crippen molar-refractivity contribution >= 4 is 10.9 Å². The topological polar surface area (TPSA) is 26.0 Å². The van der Waals surface area contributed by atoms with Crippen molar-refractivity contribution in [3.05, 3.63) is 30.0 Å². The fourth-order valence-corrected chi connectivity index (χ4v) is 1.26. The molecule has 2 aromatic rings. The maximum absolute atomic E-state index is 4.86. The first-order chi connectivity index (χ1) is 5.42. The molecule has 0 saturated heterocycles. The van der Waals surface area contributed by atoms with Crippen LogP contribution < -0.4 is 0 Å². The lowest BCUT2D eigenvalue weighted by atomic mass is 10.1. The molecular weight excluding hydrogens is 138 g/mol. The lowest BCUT2D eigenvalue weighted by molar-refractivity contribution is 0.428. The molecule has 0 saturated carbocycles. The Bertz CT molecular complexity index is 364. The zero-order chi connectivity index (χ0) is 7.68. The highest BCUT2D eigenvalue weighted by Crippen LogP contribution is 2.17. The Morgan fingerprint density at radius 1 is 1.45 bits per heavy atom. The van der Waals surface area contributed by atoms with Crippen LogP contribution in [0, 0.1) is 0 Å². The van der Waals surface area contributed by atoms with E-state index >= 15 is 0 Å². The summed E-state index contributed by atoms with van der Waals surface area (Å²) in [5.74, 6) is 0. The van der Waals surface area contributed by atoms with Crippen LogP contribution in [0.1, 0.15) is 12.5 Å². The third kappa shape index (κ3) is 0.909. The maximum atomic E-state index is 4.86. The van der Waals surface area contributed by atoms with Crippen LogP contribution in [0.4, 0.5) is 0 Å². The average Bonchev–Trinajstić information content (AvgIpc) is 2.50. The molecule has 0 fully saturated rings. The van der Waals surface area contributed by atoms with Gasteiger partial charge in [0, 0.05) is 5.39 Å². The van der Waals surface area contributed by atoms with Crippen LogP contribution in [0.15, 0.2) is 29.0 Å². The lowest BCUT2D eigenvalue weighted by Gasteiger charge is -1.94. The Labute approximate surface area is 64.8 Å². The molecule has 0 bridgehead atoms. The first-order valence-electron chi connectivity index (χ1n) is 3.74. The van der Waals surface area contributed by atoms with E-state index in [-0.39, 0.29) is 0 Å². The van der Waals surface area contributed by atoms with Crippen molar-refractivity contribution in [3.8, 4) is 0 Å². The zero-order valence-corrected chi connectivity index (χ0v) is 6.37. The first kappa shape index (κ1) is 6.40. The summed E-state index contributed by atoms with van der Waals surface area (Å²) < 4.78 is 4.86. The van der Waals surface area contributed by atoms with E-state index in [0.717, 1.165) is 17.3 Å². The quantitative estimate of drug-likeness (QED) is 0.619. The van der Waals surface area contributed by atoms with Crippen molar-refractivity contribution in [1.29, 1.82) is 0 Å². The van der Waals surface area contributed by atoms with Crippen LogP contribution in [0.25, 0.3) is 10.9 Å². The number of aryl methyl sites for hydroxylation is 1. The SMILES string of the molecule is CCc1cccc2nocc12. The number of rotatable bonds is 1. The summed E-state index contributed by atoms with van der Waals surface area (Å²) >= 11 is 0. The normalized spacial score (nSPS) is 10.6. The van der Waals surface area contributed by atoms with Gasteiger partial charge in [0.2, 0.25) is 0 Å². The molecule has 0 aliphatic rings. The van der Waals surface area contributed by atoms with E-state index in [9.17, 15) is 0 Å². The summed E-state index contributed by atoms with van der Waals surface area (Å²) in [5.41, 5.74) is 2.24. The van der Waals surface area contributed by atoms with Gasteiger partial charge in [0.25, 0.3) is 0 Å². The molecule has 0 unspecified atom stereocenters. The van der Waals surface area contributed by atoms with Crippen molar-refractivity contribution in [2.45, 2.75) is 13.3 Å². The average molecular weight is 147 g/mol. The van der Waals surface area contributed by atoms with E-state index in [1.807, 2.05) is 12.1 Å². The second-order valence-electron chi connectivity index (χ2n) is 2.52. The standard InChI is InChI=1S/C9H9NO/c1-2-7-4-3-5-9-8(7)6-11-10-9/h3-6H,2H2,1H3. The molecule has 0 N–H and O–H groups in total. The van der Waals surface area contributed by atoms with E-state index in [0.29, 0.717) is 0 Å². The number of nitrogens with zero attached hydrogens (tertiary/aromatic N) is 1. The first-order valence-corrected chi connectivity index (χ1v) is 3.74. The van der Waals surface area contributed by atoms with Gasteiger partial charge in [0.1, 0.15) is 11.8 Å². The van der Waals surface area contributed by atoms with Crippen LogP contribution in [-0.4, -0.2) is 5.16 Å². The number of fused-ring (bicyclic) bond motifs is 1. The van der Waals surface area contributed by atoms with Gasteiger partial charge in [-0.15, -0.1) is 0 Å². The van der Waals surface area contributed by atoms with Crippen LogP contribution in [0.3, 0.4) is 0 Å². The van der Waals surface area contributed by atoms with Gasteiger partial charge in [-0.2, -0.15) is 0 Å². The van der Waals surface area contributed by atoms with Crippen LogP contribution in [0.5, 0.6) is 0 Å². The Morgan fingerprint density at radius 3 is 3.18 bits per heavy atom. The smallest absolute Gasteiger partial charge is 0.131 e. The van der Waals surface area contributed by atoms with Crippen LogP contribution in [0.2, 0.25) is 0 Å². The fraction of sp³-hybridized carbons (Fsp3) is 0.222. The highest BCUT2D eigenvalue weighted by Gasteiger charge is 2.00. The van der Waals surface area contributed by atoms with Gasteiger partial charge in [-0.1, -0.05) is 24.2 Å². The summed E-state index contributed by atoms with van der Waals surface area (Å²) in [5, 5.41) is 4.99. The van der Waals surface area contributed by atoms with Crippen LogP contribution >= 0.6 is 0 Å². The molecule has 2 heteroatoms. The molecule has 56 valence electrons. The van der Waals surface area contributed by atoms with Crippen LogP contribution in [-0.2, 0) is 6.42 Å². The van der Waals surface area contributed by atoms with Crippen molar-refractivity contribution in [2.24, 2.45) is 0 Å². The largest absolute Gasteiger partial charge is 0.363 e. The number of benzene rings is 1. The maximum Gasteiger partial charge on any atom is 0.131 e. The predicted molar refractivity (Wildman–Crippen MR) is 43.4 cm³/mol. The molecule has 2 rings (SSSR count). The summed E-state index contributed by atoms with van der Waals surface area (Å²) in [6, 6.07) is 6.06. The van der Waals surface area contributed by atoms with E-state index in [1.54, 1.807) is 6.26 Å². The summed E-state index contributed by atoms with van der Waals surface area (Å²) in [6.07, 6.45) is 2.73. The molecule has 0 atom stereocenters. The predicted octanol–water partition coefficient (Wildman–Crippen LogP) is 2.39. The highest BCUT2D eigenvalue weighted by molar-refractivity contribution is 5.80. The van der Waals surface area contributed by atoms with Crippen molar-refractivity contribution in [1.82, 2.24) is 5.16 Å². The molecule has 1 heterocycles. The molecule has 11 heavy (non-hydrogen) atoms.